The smallest absolute Gasteiger partial charge is 0.149 e. The zero-order valence-corrected chi connectivity index (χ0v) is 12.3. The molecule has 0 fully saturated rings. The van der Waals surface area contributed by atoms with Crippen molar-refractivity contribution < 1.29 is 0 Å². The fourth-order valence-electron chi connectivity index (χ4n) is 1.92. The average Bonchev–Trinajstić information content (AvgIpc) is 2.77. The number of aryl methyl sites for hydroxylation is 1. The number of anilines is 1. The van der Waals surface area contributed by atoms with Gasteiger partial charge in [-0.15, -0.1) is 11.6 Å². The molecular formula is C12H17ClN4S. The van der Waals surface area contributed by atoms with Crippen LogP contribution in [0.1, 0.15) is 25.5 Å². The topological polar surface area (TPSA) is 41.9 Å². The minimum Gasteiger partial charge on any atom is -0.355 e. The van der Waals surface area contributed by atoms with E-state index in [1.165, 1.54) is 11.5 Å². The van der Waals surface area contributed by atoms with E-state index in [1.807, 2.05) is 6.92 Å². The minimum atomic E-state index is 0.603. The lowest BCUT2D eigenvalue weighted by atomic mass is 10.2. The van der Waals surface area contributed by atoms with Crippen LogP contribution in [-0.4, -0.2) is 33.3 Å². The molecule has 2 rings (SSSR count). The van der Waals surface area contributed by atoms with Crippen molar-refractivity contribution >= 4 is 39.2 Å². The van der Waals surface area contributed by atoms with Crippen molar-refractivity contribution in [2.75, 3.05) is 23.9 Å². The molecule has 0 saturated heterocycles. The summed E-state index contributed by atoms with van der Waals surface area (Å²) in [5.41, 5.74) is 1.00. The Labute approximate surface area is 116 Å². The molecule has 0 aliphatic carbocycles. The Morgan fingerprint density at radius 3 is 2.89 bits per heavy atom. The Hall–Kier alpha value is -0.940. The molecule has 2 heterocycles. The predicted molar refractivity (Wildman–Crippen MR) is 77.8 cm³/mol. The number of hydrogen-bond donors (Lipinski definition) is 0. The van der Waals surface area contributed by atoms with Gasteiger partial charge in [0.25, 0.3) is 0 Å². The van der Waals surface area contributed by atoms with E-state index in [0.717, 1.165) is 47.7 Å². The van der Waals surface area contributed by atoms with Gasteiger partial charge in [0.15, 0.2) is 0 Å². The van der Waals surface area contributed by atoms with Gasteiger partial charge >= 0.3 is 0 Å². The number of alkyl halides is 1. The van der Waals surface area contributed by atoms with Crippen LogP contribution in [0.25, 0.3) is 10.2 Å². The molecule has 0 N–H and O–H groups in total. The number of halogens is 1. The van der Waals surface area contributed by atoms with Gasteiger partial charge < -0.3 is 4.90 Å². The molecule has 18 heavy (non-hydrogen) atoms. The Morgan fingerprint density at radius 1 is 1.33 bits per heavy atom. The van der Waals surface area contributed by atoms with Crippen molar-refractivity contribution in [1.29, 1.82) is 0 Å². The second-order valence-electron chi connectivity index (χ2n) is 4.17. The second kappa shape index (κ2) is 6.29. The molecular weight excluding hydrogens is 268 g/mol. The van der Waals surface area contributed by atoms with Crippen molar-refractivity contribution in [3.8, 4) is 0 Å². The van der Waals surface area contributed by atoms with Gasteiger partial charge in [0.05, 0.1) is 11.1 Å². The van der Waals surface area contributed by atoms with Crippen LogP contribution >= 0.6 is 23.1 Å². The SMILES string of the molecule is CCCCN(CCCl)c1ncnc2snc(C)c12. The highest BCUT2D eigenvalue weighted by Gasteiger charge is 2.15. The highest BCUT2D eigenvalue weighted by Crippen LogP contribution is 2.28. The molecule has 98 valence electrons. The lowest BCUT2D eigenvalue weighted by molar-refractivity contribution is 0.727. The van der Waals surface area contributed by atoms with Crippen LogP contribution in [0.2, 0.25) is 0 Å². The molecule has 0 radical (unpaired) electrons. The molecule has 0 spiro atoms. The zero-order valence-electron chi connectivity index (χ0n) is 10.7. The van der Waals surface area contributed by atoms with Crippen LogP contribution in [0, 0.1) is 6.92 Å². The van der Waals surface area contributed by atoms with Gasteiger partial charge in [-0.3, -0.25) is 0 Å². The van der Waals surface area contributed by atoms with Crippen molar-refractivity contribution in [1.82, 2.24) is 14.3 Å². The standard InChI is InChI=1S/C12H17ClN4S/c1-3-4-6-17(7-5-13)11-10-9(2)16-18-12(10)15-8-14-11/h8H,3-7H2,1-2H3. The van der Waals surface area contributed by atoms with Crippen LogP contribution in [0.5, 0.6) is 0 Å². The predicted octanol–water partition coefficient (Wildman–Crippen LogP) is 3.24. The van der Waals surface area contributed by atoms with E-state index in [2.05, 4.69) is 26.2 Å². The van der Waals surface area contributed by atoms with Crippen molar-refractivity contribution in [3.63, 3.8) is 0 Å². The molecule has 0 amide bonds. The van der Waals surface area contributed by atoms with Gasteiger partial charge in [0.1, 0.15) is 17.0 Å². The van der Waals surface area contributed by atoms with E-state index in [9.17, 15) is 0 Å². The molecule has 0 aromatic carbocycles. The number of nitrogens with zero attached hydrogens (tertiary/aromatic N) is 4. The van der Waals surface area contributed by atoms with Gasteiger partial charge in [-0.1, -0.05) is 13.3 Å². The third kappa shape index (κ3) is 2.72. The van der Waals surface area contributed by atoms with E-state index in [-0.39, 0.29) is 0 Å². The quantitative estimate of drug-likeness (QED) is 0.764. The Bertz CT molecular complexity index is 514. The van der Waals surface area contributed by atoms with E-state index >= 15 is 0 Å². The zero-order chi connectivity index (χ0) is 13.0. The van der Waals surface area contributed by atoms with Gasteiger partial charge in [0, 0.05) is 19.0 Å². The highest BCUT2D eigenvalue weighted by molar-refractivity contribution is 7.13. The minimum absolute atomic E-state index is 0.603. The summed E-state index contributed by atoms with van der Waals surface area (Å²) in [6.07, 6.45) is 3.91. The molecule has 0 atom stereocenters. The molecule has 0 saturated carbocycles. The molecule has 0 unspecified atom stereocenters. The van der Waals surface area contributed by atoms with Gasteiger partial charge in [-0.25, -0.2) is 9.97 Å². The average molecular weight is 285 g/mol. The van der Waals surface area contributed by atoms with Gasteiger partial charge in [-0.05, 0) is 24.9 Å². The summed E-state index contributed by atoms with van der Waals surface area (Å²) in [6.45, 7) is 5.98. The first-order valence-corrected chi connectivity index (χ1v) is 7.46. The fraction of sp³-hybridized carbons (Fsp3) is 0.583. The maximum absolute atomic E-state index is 5.89. The third-order valence-corrected chi connectivity index (χ3v) is 3.88. The summed E-state index contributed by atoms with van der Waals surface area (Å²) < 4.78 is 4.36. The second-order valence-corrected chi connectivity index (χ2v) is 5.30. The Balaban J connectivity index is 2.39. The first-order chi connectivity index (χ1) is 8.77. The van der Waals surface area contributed by atoms with Crippen LogP contribution in [0.4, 0.5) is 5.82 Å². The van der Waals surface area contributed by atoms with Crippen LogP contribution in [-0.2, 0) is 0 Å². The first kappa shape index (κ1) is 13.5. The van der Waals surface area contributed by atoms with Crippen LogP contribution in [0.3, 0.4) is 0 Å². The van der Waals surface area contributed by atoms with Crippen LogP contribution < -0.4 is 4.90 Å². The maximum Gasteiger partial charge on any atom is 0.149 e. The number of aromatic nitrogens is 3. The normalized spacial score (nSPS) is 11.1. The highest BCUT2D eigenvalue weighted by atomic mass is 35.5. The van der Waals surface area contributed by atoms with Crippen molar-refractivity contribution in [3.05, 3.63) is 12.0 Å². The van der Waals surface area contributed by atoms with E-state index < -0.39 is 0 Å². The number of hydrogen-bond acceptors (Lipinski definition) is 5. The Kier molecular flexibility index (Phi) is 4.72. The van der Waals surface area contributed by atoms with Gasteiger partial charge in [-0.2, -0.15) is 4.37 Å². The third-order valence-electron chi connectivity index (χ3n) is 2.86. The van der Waals surface area contributed by atoms with Crippen molar-refractivity contribution in [2.45, 2.75) is 26.7 Å². The molecule has 4 nitrogen and oxygen atoms in total. The lowest BCUT2D eigenvalue weighted by Gasteiger charge is -2.23. The van der Waals surface area contributed by atoms with E-state index in [1.54, 1.807) is 6.33 Å². The summed E-state index contributed by atoms with van der Waals surface area (Å²) >= 11 is 7.32. The monoisotopic (exact) mass is 284 g/mol. The van der Waals surface area contributed by atoms with E-state index in [0.29, 0.717) is 5.88 Å². The summed E-state index contributed by atoms with van der Waals surface area (Å²) in [5, 5.41) is 1.07. The largest absolute Gasteiger partial charge is 0.355 e. The molecule has 6 heteroatoms. The number of fused-ring (bicyclic) bond motifs is 1. The van der Waals surface area contributed by atoms with Crippen LogP contribution in [0.15, 0.2) is 6.33 Å². The Morgan fingerprint density at radius 2 is 2.17 bits per heavy atom. The number of unbranched alkanes of at least 4 members (excludes halogenated alkanes) is 1. The fourth-order valence-corrected chi connectivity index (χ4v) is 2.86. The summed E-state index contributed by atoms with van der Waals surface area (Å²) in [4.78, 5) is 11.9. The lowest BCUT2D eigenvalue weighted by Crippen LogP contribution is -2.27. The molecule has 2 aromatic rings. The first-order valence-electron chi connectivity index (χ1n) is 6.15. The molecule has 0 aliphatic heterocycles. The summed E-state index contributed by atoms with van der Waals surface area (Å²) in [7, 11) is 0. The molecule has 2 aromatic heterocycles. The maximum atomic E-state index is 5.89. The molecule has 0 aliphatic rings. The van der Waals surface area contributed by atoms with Gasteiger partial charge in [0.2, 0.25) is 0 Å². The number of rotatable bonds is 6. The van der Waals surface area contributed by atoms with Crippen molar-refractivity contribution in [2.24, 2.45) is 0 Å². The van der Waals surface area contributed by atoms with E-state index in [4.69, 9.17) is 11.6 Å². The summed E-state index contributed by atoms with van der Waals surface area (Å²) in [6, 6.07) is 0. The molecule has 0 bridgehead atoms. The summed E-state index contributed by atoms with van der Waals surface area (Å²) in [5.74, 6) is 1.58.